The van der Waals surface area contributed by atoms with E-state index in [4.69, 9.17) is 9.26 Å². The maximum Gasteiger partial charge on any atom is 0.277 e. The molecular formula is C20H16N6O3. The summed E-state index contributed by atoms with van der Waals surface area (Å²) in [4.78, 5) is 12.3. The molecule has 3 heterocycles. The minimum Gasteiger partial charge on any atom is -0.438 e. The van der Waals surface area contributed by atoms with Crippen molar-refractivity contribution in [3.63, 3.8) is 0 Å². The van der Waals surface area contributed by atoms with E-state index in [0.717, 1.165) is 18.6 Å². The first-order chi connectivity index (χ1) is 14.2. The Morgan fingerprint density at radius 2 is 2.00 bits per heavy atom. The zero-order valence-corrected chi connectivity index (χ0v) is 15.2. The molecule has 1 aliphatic rings. The van der Waals surface area contributed by atoms with Gasteiger partial charge in [0.05, 0.1) is 0 Å². The fourth-order valence-corrected chi connectivity index (χ4v) is 2.77. The Hall–Kier alpha value is -4.01. The predicted octanol–water partition coefficient (Wildman–Crippen LogP) is 3.57. The number of benzene rings is 1. The third kappa shape index (κ3) is 3.84. The van der Waals surface area contributed by atoms with Crippen molar-refractivity contribution in [2.24, 2.45) is 0 Å². The Bertz CT molecular complexity index is 1120. The van der Waals surface area contributed by atoms with E-state index in [-0.39, 0.29) is 11.6 Å². The zero-order valence-electron chi connectivity index (χ0n) is 15.2. The van der Waals surface area contributed by atoms with Gasteiger partial charge in [-0.3, -0.25) is 4.79 Å². The van der Waals surface area contributed by atoms with Crippen molar-refractivity contribution < 1.29 is 14.1 Å². The smallest absolute Gasteiger partial charge is 0.277 e. The van der Waals surface area contributed by atoms with Crippen molar-refractivity contribution in [1.82, 2.24) is 25.1 Å². The molecule has 0 atom stereocenters. The van der Waals surface area contributed by atoms with Gasteiger partial charge in [-0.15, -0.1) is 10.2 Å². The third-order valence-electron chi connectivity index (χ3n) is 4.44. The Labute approximate surface area is 165 Å². The van der Waals surface area contributed by atoms with Crippen molar-refractivity contribution in [3.8, 4) is 17.4 Å². The van der Waals surface area contributed by atoms with Crippen LogP contribution in [0.3, 0.4) is 0 Å². The number of rotatable bonds is 6. The summed E-state index contributed by atoms with van der Waals surface area (Å²) >= 11 is 0. The molecule has 144 valence electrons. The molecule has 1 saturated carbocycles. The molecule has 9 nitrogen and oxygen atoms in total. The second kappa shape index (κ2) is 7.19. The Morgan fingerprint density at radius 1 is 1.14 bits per heavy atom. The minimum atomic E-state index is -0.311. The van der Waals surface area contributed by atoms with E-state index < -0.39 is 0 Å². The number of amides is 1. The minimum absolute atomic E-state index is 0.278. The fraction of sp³-hybridized carbons (Fsp3) is 0.150. The van der Waals surface area contributed by atoms with Crippen LogP contribution in [-0.2, 0) is 0 Å². The molecule has 1 N–H and O–H groups in total. The van der Waals surface area contributed by atoms with Crippen LogP contribution >= 0.6 is 0 Å². The van der Waals surface area contributed by atoms with Gasteiger partial charge in [-0.05, 0) is 49.2 Å². The highest BCUT2D eigenvalue weighted by Crippen LogP contribution is 2.40. The van der Waals surface area contributed by atoms with Crippen LogP contribution in [0.4, 0.5) is 5.69 Å². The molecule has 3 aromatic heterocycles. The number of aromatic nitrogens is 5. The molecule has 0 saturated heterocycles. The summed E-state index contributed by atoms with van der Waals surface area (Å²) in [6, 6.07) is 13.9. The van der Waals surface area contributed by atoms with Crippen molar-refractivity contribution in [1.29, 1.82) is 0 Å². The van der Waals surface area contributed by atoms with Gasteiger partial charge >= 0.3 is 0 Å². The third-order valence-corrected chi connectivity index (χ3v) is 4.44. The van der Waals surface area contributed by atoms with Crippen molar-refractivity contribution in [3.05, 3.63) is 72.4 Å². The van der Waals surface area contributed by atoms with Gasteiger partial charge in [0.25, 0.3) is 5.91 Å². The second-order valence-electron chi connectivity index (χ2n) is 6.65. The van der Waals surface area contributed by atoms with Gasteiger partial charge in [-0.1, -0.05) is 5.16 Å². The van der Waals surface area contributed by atoms with Crippen LogP contribution in [0.25, 0.3) is 5.82 Å². The first-order valence-electron chi connectivity index (χ1n) is 9.14. The lowest BCUT2D eigenvalue weighted by molar-refractivity contribution is 0.101. The molecule has 1 aliphatic carbocycles. The number of nitrogens with zero attached hydrogens (tertiary/aromatic N) is 5. The van der Waals surface area contributed by atoms with E-state index in [2.05, 4.69) is 25.8 Å². The van der Waals surface area contributed by atoms with Crippen molar-refractivity contribution in [2.75, 3.05) is 5.32 Å². The Morgan fingerprint density at radius 3 is 2.69 bits per heavy atom. The molecule has 1 fully saturated rings. The first-order valence-corrected chi connectivity index (χ1v) is 9.14. The van der Waals surface area contributed by atoms with Crippen LogP contribution in [-0.4, -0.2) is 31.0 Å². The number of carbonyl (C=O) groups is 1. The van der Waals surface area contributed by atoms with E-state index in [1.807, 2.05) is 0 Å². The maximum atomic E-state index is 12.3. The predicted molar refractivity (Wildman–Crippen MR) is 102 cm³/mol. The number of ether oxygens (including phenoxy) is 1. The van der Waals surface area contributed by atoms with Gasteiger partial charge in [0.2, 0.25) is 5.88 Å². The molecule has 1 amide bonds. The summed E-state index contributed by atoms with van der Waals surface area (Å²) in [5.74, 6) is 2.40. The van der Waals surface area contributed by atoms with Gasteiger partial charge in [0, 0.05) is 36.1 Å². The van der Waals surface area contributed by atoms with Crippen LogP contribution in [0.2, 0.25) is 0 Å². The fourth-order valence-electron chi connectivity index (χ4n) is 2.77. The van der Waals surface area contributed by atoms with Crippen LogP contribution in [0.15, 0.2) is 65.4 Å². The highest BCUT2D eigenvalue weighted by Gasteiger charge is 2.28. The van der Waals surface area contributed by atoms with E-state index in [9.17, 15) is 4.79 Å². The highest BCUT2D eigenvalue weighted by atomic mass is 16.5. The summed E-state index contributed by atoms with van der Waals surface area (Å²) in [5.41, 5.74) is 0.901. The molecule has 9 heteroatoms. The number of nitrogens with one attached hydrogen (secondary N) is 1. The molecular weight excluding hydrogens is 372 g/mol. The second-order valence-corrected chi connectivity index (χ2v) is 6.65. The van der Waals surface area contributed by atoms with E-state index in [1.54, 1.807) is 65.6 Å². The average Bonchev–Trinajstić information content (AvgIpc) is 3.24. The lowest BCUT2D eigenvalue weighted by atomic mass is 10.2. The molecule has 4 aromatic rings. The number of anilines is 1. The van der Waals surface area contributed by atoms with Gasteiger partial charge in [-0.25, -0.2) is 4.68 Å². The maximum absolute atomic E-state index is 12.3. The largest absolute Gasteiger partial charge is 0.438 e. The van der Waals surface area contributed by atoms with Crippen LogP contribution < -0.4 is 10.1 Å². The quantitative estimate of drug-likeness (QED) is 0.538. The monoisotopic (exact) mass is 388 g/mol. The lowest BCUT2D eigenvalue weighted by Gasteiger charge is -2.07. The Kier molecular flexibility index (Phi) is 4.24. The molecule has 0 unspecified atom stereocenters. The number of hydrogen-bond acceptors (Lipinski definition) is 7. The summed E-state index contributed by atoms with van der Waals surface area (Å²) in [6.45, 7) is 0. The van der Waals surface area contributed by atoms with Gasteiger partial charge in [0.15, 0.2) is 11.5 Å². The summed E-state index contributed by atoms with van der Waals surface area (Å²) in [6.07, 6.45) is 5.63. The SMILES string of the molecule is O=C(Nc1ccc(Oc2ccc(-n3cccn3)nn2)cc1)c1cc(C2CC2)on1. The topological polar surface area (TPSA) is 108 Å². The molecule has 29 heavy (non-hydrogen) atoms. The zero-order chi connectivity index (χ0) is 19.6. The van der Waals surface area contributed by atoms with Crippen molar-refractivity contribution >= 4 is 11.6 Å². The van der Waals surface area contributed by atoms with Crippen molar-refractivity contribution in [2.45, 2.75) is 18.8 Å². The summed E-state index contributed by atoms with van der Waals surface area (Å²) in [7, 11) is 0. The normalized spacial score (nSPS) is 13.2. The van der Waals surface area contributed by atoms with Gasteiger partial charge < -0.3 is 14.6 Å². The molecule has 0 bridgehead atoms. The standard InChI is InChI=1S/C20H16N6O3/c27-20(16-12-17(29-25-16)13-2-3-13)22-14-4-6-15(7-5-14)28-19-9-8-18(23-24-19)26-11-1-10-21-26/h1,4-13H,2-3H2,(H,22,27). The number of carbonyl (C=O) groups excluding carboxylic acids is 1. The lowest BCUT2D eigenvalue weighted by Crippen LogP contribution is -2.12. The van der Waals surface area contributed by atoms with E-state index in [0.29, 0.717) is 29.1 Å². The van der Waals surface area contributed by atoms with E-state index in [1.165, 1.54) is 0 Å². The van der Waals surface area contributed by atoms with Gasteiger partial charge in [0.1, 0.15) is 11.5 Å². The summed E-state index contributed by atoms with van der Waals surface area (Å²) < 4.78 is 12.5. The van der Waals surface area contributed by atoms with E-state index >= 15 is 0 Å². The molecule has 0 radical (unpaired) electrons. The highest BCUT2D eigenvalue weighted by molar-refractivity contribution is 6.02. The average molecular weight is 388 g/mol. The molecule has 1 aromatic carbocycles. The summed E-state index contributed by atoms with van der Waals surface area (Å²) in [5, 5.41) is 18.8. The van der Waals surface area contributed by atoms with Crippen LogP contribution in [0.5, 0.6) is 11.6 Å². The molecule has 0 aliphatic heterocycles. The first kappa shape index (κ1) is 17.1. The Balaban J connectivity index is 1.21. The van der Waals surface area contributed by atoms with Crippen LogP contribution in [0, 0.1) is 0 Å². The number of hydrogen-bond donors (Lipinski definition) is 1. The van der Waals surface area contributed by atoms with Crippen LogP contribution in [0.1, 0.15) is 35.0 Å². The molecule has 0 spiro atoms. The molecule has 5 rings (SSSR count). The van der Waals surface area contributed by atoms with Gasteiger partial charge in [-0.2, -0.15) is 5.10 Å².